The molecule has 0 radical (unpaired) electrons. The zero-order valence-electron chi connectivity index (χ0n) is 11.0. The molecule has 5 heteroatoms. The lowest BCUT2D eigenvalue weighted by Gasteiger charge is -2.42. The average molecular weight is 262 g/mol. The topological polar surface area (TPSA) is 51.5 Å². The van der Waals surface area contributed by atoms with E-state index in [0.29, 0.717) is 32.2 Å². The molecule has 19 heavy (non-hydrogen) atoms. The van der Waals surface area contributed by atoms with Gasteiger partial charge in [-0.15, -0.1) is 0 Å². The van der Waals surface area contributed by atoms with E-state index in [0.717, 1.165) is 12.1 Å². The van der Waals surface area contributed by atoms with Crippen LogP contribution in [0.4, 0.5) is 4.79 Å². The van der Waals surface area contributed by atoms with Gasteiger partial charge in [0.15, 0.2) is 0 Å². The normalized spacial score (nSPS) is 24.8. The maximum atomic E-state index is 11.9. The molecule has 1 saturated heterocycles. The van der Waals surface area contributed by atoms with Crippen molar-refractivity contribution in [3.05, 3.63) is 34.2 Å². The third-order valence-electron chi connectivity index (χ3n) is 4.01. The number of rotatable bonds is 1. The number of hydrogen-bond acceptors (Lipinski definition) is 3. The van der Waals surface area contributed by atoms with Gasteiger partial charge in [0.1, 0.15) is 0 Å². The summed E-state index contributed by atoms with van der Waals surface area (Å²) in [4.78, 5) is 25.5. The van der Waals surface area contributed by atoms with E-state index in [-0.39, 0.29) is 17.6 Å². The Kier molecular flexibility index (Phi) is 3.05. The Hall–Kier alpha value is -1.78. The fourth-order valence-corrected chi connectivity index (χ4v) is 3.26. The number of ether oxygens (including phenoxy) is 1. The first kappa shape index (κ1) is 12.3. The molecule has 0 spiro atoms. The molecule has 102 valence electrons. The molecular formula is C14H18N2O3. The maximum Gasteiger partial charge on any atom is 0.409 e. The summed E-state index contributed by atoms with van der Waals surface area (Å²) in [5.74, 6) is 0.613. The van der Waals surface area contributed by atoms with Crippen molar-refractivity contribution >= 4 is 6.09 Å². The largest absolute Gasteiger partial charge is 0.450 e. The Balaban J connectivity index is 1.88. The summed E-state index contributed by atoms with van der Waals surface area (Å²) < 4.78 is 6.94. The number of fused-ring (bicyclic) bond motifs is 4. The SMILES string of the molecule is CCOC(=O)N1C[C@@H]2C[C@@H](C1)c1cccc(=O)n1C2. The van der Waals surface area contributed by atoms with Gasteiger partial charge in [0.25, 0.3) is 5.56 Å². The Morgan fingerprint density at radius 1 is 1.37 bits per heavy atom. The first-order valence-electron chi connectivity index (χ1n) is 6.80. The molecule has 1 aromatic heterocycles. The van der Waals surface area contributed by atoms with E-state index < -0.39 is 0 Å². The Morgan fingerprint density at radius 3 is 3.00 bits per heavy atom. The van der Waals surface area contributed by atoms with E-state index in [1.165, 1.54) is 0 Å². The maximum absolute atomic E-state index is 11.9. The lowest BCUT2D eigenvalue weighted by atomic mass is 9.83. The number of pyridine rings is 1. The predicted octanol–water partition coefficient (Wildman–Crippen LogP) is 1.42. The second-order valence-electron chi connectivity index (χ2n) is 5.30. The molecule has 5 nitrogen and oxygen atoms in total. The number of likely N-dealkylation sites (tertiary alicyclic amines) is 1. The van der Waals surface area contributed by atoms with Gasteiger partial charge in [0, 0.05) is 37.3 Å². The minimum Gasteiger partial charge on any atom is -0.450 e. The number of amides is 1. The van der Waals surface area contributed by atoms with Crippen LogP contribution in [0, 0.1) is 5.92 Å². The second kappa shape index (κ2) is 4.72. The third kappa shape index (κ3) is 2.13. The summed E-state index contributed by atoms with van der Waals surface area (Å²) in [7, 11) is 0. The first-order valence-corrected chi connectivity index (χ1v) is 6.80. The van der Waals surface area contributed by atoms with Gasteiger partial charge < -0.3 is 14.2 Å². The van der Waals surface area contributed by atoms with Crippen LogP contribution >= 0.6 is 0 Å². The number of carbonyl (C=O) groups excluding carboxylic acids is 1. The van der Waals surface area contributed by atoms with Gasteiger partial charge in [-0.2, -0.15) is 0 Å². The molecule has 3 heterocycles. The summed E-state index contributed by atoms with van der Waals surface area (Å²) in [6, 6.07) is 5.41. The lowest BCUT2D eigenvalue weighted by molar-refractivity contribution is 0.0721. The van der Waals surface area contributed by atoms with Crippen molar-refractivity contribution in [3.8, 4) is 0 Å². The highest BCUT2D eigenvalue weighted by atomic mass is 16.6. The molecule has 0 unspecified atom stereocenters. The van der Waals surface area contributed by atoms with Crippen LogP contribution in [0.15, 0.2) is 23.0 Å². The van der Waals surface area contributed by atoms with E-state index in [4.69, 9.17) is 4.74 Å². The number of aromatic nitrogens is 1. The van der Waals surface area contributed by atoms with Crippen molar-refractivity contribution in [2.24, 2.45) is 5.92 Å². The monoisotopic (exact) mass is 262 g/mol. The molecule has 0 aliphatic carbocycles. The van der Waals surface area contributed by atoms with Crippen molar-refractivity contribution in [1.82, 2.24) is 9.47 Å². The van der Waals surface area contributed by atoms with Crippen molar-refractivity contribution in [2.75, 3.05) is 19.7 Å². The van der Waals surface area contributed by atoms with Gasteiger partial charge >= 0.3 is 6.09 Å². The zero-order chi connectivity index (χ0) is 13.4. The molecule has 0 saturated carbocycles. The third-order valence-corrected chi connectivity index (χ3v) is 4.01. The average Bonchev–Trinajstić information content (AvgIpc) is 2.40. The molecule has 2 aliphatic rings. The van der Waals surface area contributed by atoms with Crippen LogP contribution in [-0.2, 0) is 11.3 Å². The second-order valence-corrected chi connectivity index (χ2v) is 5.30. The van der Waals surface area contributed by atoms with E-state index in [1.54, 1.807) is 17.0 Å². The van der Waals surface area contributed by atoms with Crippen molar-refractivity contribution < 1.29 is 9.53 Å². The summed E-state index contributed by atoms with van der Waals surface area (Å²) in [5.41, 5.74) is 1.12. The van der Waals surface area contributed by atoms with E-state index in [2.05, 4.69) is 0 Å². The number of hydrogen-bond donors (Lipinski definition) is 0. The fourth-order valence-electron chi connectivity index (χ4n) is 3.26. The molecule has 0 aromatic carbocycles. The summed E-state index contributed by atoms with van der Waals surface area (Å²) >= 11 is 0. The number of piperidine rings is 1. The van der Waals surface area contributed by atoms with Crippen LogP contribution < -0.4 is 5.56 Å². The van der Waals surface area contributed by atoms with Crippen LogP contribution in [0.1, 0.15) is 25.0 Å². The van der Waals surface area contributed by atoms with E-state index >= 15 is 0 Å². The quantitative estimate of drug-likeness (QED) is 0.769. The fraction of sp³-hybridized carbons (Fsp3) is 0.571. The first-order chi connectivity index (χ1) is 9.19. The van der Waals surface area contributed by atoms with Gasteiger partial charge in [-0.05, 0) is 25.3 Å². The van der Waals surface area contributed by atoms with Crippen molar-refractivity contribution in [3.63, 3.8) is 0 Å². The van der Waals surface area contributed by atoms with Crippen LogP contribution in [0.25, 0.3) is 0 Å². The van der Waals surface area contributed by atoms with E-state index in [9.17, 15) is 9.59 Å². The van der Waals surface area contributed by atoms with Gasteiger partial charge in [-0.1, -0.05) is 6.07 Å². The molecule has 1 amide bonds. The van der Waals surface area contributed by atoms with Crippen LogP contribution in [-0.4, -0.2) is 35.3 Å². The molecule has 2 bridgehead atoms. The molecular weight excluding hydrogens is 244 g/mol. The molecule has 2 aliphatic heterocycles. The highest BCUT2D eigenvalue weighted by Gasteiger charge is 2.36. The Morgan fingerprint density at radius 2 is 2.21 bits per heavy atom. The molecule has 3 rings (SSSR count). The Bertz CT molecular complexity index is 552. The zero-order valence-corrected chi connectivity index (χ0v) is 11.0. The highest BCUT2D eigenvalue weighted by molar-refractivity contribution is 5.67. The van der Waals surface area contributed by atoms with Crippen molar-refractivity contribution in [1.29, 1.82) is 0 Å². The minimum absolute atomic E-state index is 0.0665. The van der Waals surface area contributed by atoms with Gasteiger partial charge in [-0.25, -0.2) is 4.79 Å². The van der Waals surface area contributed by atoms with E-state index in [1.807, 2.05) is 17.6 Å². The predicted molar refractivity (Wildman–Crippen MR) is 70.1 cm³/mol. The van der Waals surface area contributed by atoms with Crippen LogP contribution in [0.3, 0.4) is 0 Å². The Labute approximate surface area is 111 Å². The van der Waals surface area contributed by atoms with Gasteiger partial charge in [0.05, 0.1) is 6.61 Å². The molecule has 1 fully saturated rings. The summed E-state index contributed by atoms with van der Waals surface area (Å²) in [6.07, 6.45) is 0.822. The number of carbonyl (C=O) groups is 1. The standard InChI is InChI=1S/C14H18N2O3/c1-2-19-14(18)15-7-10-6-11(9-15)12-4-3-5-13(17)16(12)8-10/h3-5,10-11H,2,6-9H2,1H3/t10-,11-/m0/s1. The van der Waals surface area contributed by atoms with Gasteiger partial charge in [0.2, 0.25) is 0 Å². The smallest absolute Gasteiger partial charge is 0.409 e. The van der Waals surface area contributed by atoms with Crippen LogP contribution in [0.5, 0.6) is 0 Å². The lowest BCUT2D eigenvalue weighted by Crippen LogP contribution is -2.49. The van der Waals surface area contributed by atoms with Crippen LogP contribution in [0.2, 0.25) is 0 Å². The number of nitrogens with zero attached hydrogens (tertiary/aromatic N) is 2. The molecule has 1 aromatic rings. The van der Waals surface area contributed by atoms with Gasteiger partial charge in [-0.3, -0.25) is 4.79 Å². The highest BCUT2D eigenvalue weighted by Crippen LogP contribution is 2.34. The minimum atomic E-state index is -0.232. The van der Waals surface area contributed by atoms with Crippen molar-refractivity contribution in [2.45, 2.75) is 25.8 Å². The molecule has 0 N–H and O–H groups in total. The molecule has 2 atom stereocenters. The summed E-state index contributed by atoms with van der Waals surface area (Å²) in [5, 5.41) is 0. The summed E-state index contributed by atoms with van der Waals surface area (Å²) in [6.45, 7) is 4.27.